The summed E-state index contributed by atoms with van der Waals surface area (Å²) in [5.41, 5.74) is 1.04. The highest BCUT2D eigenvalue weighted by molar-refractivity contribution is 7.98. The highest BCUT2D eigenvalue weighted by Crippen LogP contribution is 2.29. The number of halogens is 3. The topological polar surface area (TPSA) is 39.9 Å². The van der Waals surface area contributed by atoms with Crippen LogP contribution in [-0.2, 0) is 18.9 Å². The Balaban J connectivity index is 1.72. The van der Waals surface area contributed by atoms with E-state index in [-0.39, 0.29) is 6.61 Å². The molecule has 4 nitrogen and oxygen atoms in total. The maximum absolute atomic E-state index is 6.23. The van der Waals surface area contributed by atoms with E-state index in [1.165, 1.54) is 0 Å². The van der Waals surface area contributed by atoms with Crippen LogP contribution in [0.3, 0.4) is 0 Å². The van der Waals surface area contributed by atoms with Gasteiger partial charge in [0, 0.05) is 22.3 Å². The van der Waals surface area contributed by atoms with Gasteiger partial charge in [-0.3, -0.25) is 4.57 Å². The fourth-order valence-electron chi connectivity index (χ4n) is 2.34. The summed E-state index contributed by atoms with van der Waals surface area (Å²) in [6, 6.07) is 12.8. The van der Waals surface area contributed by atoms with Crippen LogP contribution >= 0.6 is 46.6 Å². The van der Waals surface area contributed by atoms with Gasteiger partial charge in [0.1, 0.15) is 12.4 Å². The van der Waals surface area contributed by atoms with Crippen LogP contribution in [0.1, 0.15) is 11.4 Å². The summed E-state index contributed by atoms with van der Waals surface area (Å²) in [7, 11) is 0. The maximum Gasteiger partial charge on any atom is 0.191 e. The third kappa shape index (κ3) is 5.20. The Bertz CT molecular complexity index is 946. The number of hydrogen-bond acceptors (Lipinski definition) is 4. The molecule has 0 fully saturated rings. The minimum absolute atomic E-state index is 0.231. The lowest BCUT2D eigenvalue weighted by Crippen LogP contribution is -2.07. The van der Waals surface area contributed by atoms with E-state index in [1.54, 1.807) is 36.0 Å². The summed E-state index contributed by atoms with van der Waals surface area (Å²) in [5.74, 6) is 1.92. The molecule has 0 spiro atoms. The van der Waals surface area contributed by atoms with Crippen molar-refractivity contribution in [2.75, 3.05) is 0 Å². The van der Waals surface area contributed by atoms with E-state index in [0.717, 1.165) is 15.7 Å². The lowest BCUT2D eigenvalue weighted by Gasteiger charge is -2.10. The van der Waals surface area contributed by atoms with Gasteiger partial charge in [-0.15, -0.1) is 16.8 Å². The molecule has 1 aromatic heterocycles. The molecule has 0 aliphatic heterocycles. The zero-order valence-electron chi connectivity index (χ0n) is 14.2. The second-order valence-electron chi connectivity index (χ2n) is 5.54. The Labute approximate surface area is 177 Å². The first-order chi connectivity index (χ1) is 13.1. The molecule has 0 saturated heterocycles. The summed E-state index contributed by atoms with van der Waals surface area (Å²) in [6.07, 6.45) is 1.79. The van der Waals surface area contributed by atoms with Crippen LogP contribution in [0.2, 0.25) is 15.1 Å². The van der Waals surface area contributed by atoms with Gasteiger partial charge in [-0.25, -0.2) is 0 Å². The van der Waals surface area contributed by atoms with Gasteiger partial charge in [0.05, 0.1) is 5.02 Å². The Morgan fingerprint density at radius 3 is 2.63 bits per heavy atom. The third-order valence-electron chi connectivity index (χ3n) is 3.67. The number of thioether (sulfide) groups is 1. The Kier molecular flexibility index (Phi) is 7.07. The Morgan fingerprint density at radius 2 is 1.89 bits per heavy atom. The number of ether oxygens (including phenoxy) is 1. The van der Waals surface area contributed by atoms with Crippen molar-refractivity contribution in [2.24, 2.45) is 0 Å². The van der Waals surface area contributed by atoms with Gasteiger partial charge in [0.25, 0.3) is 0 Å². The summed E-state index contributed by atoms with van der Waals surface area (Å²) in [5, 5.41) is 11.0. The van der Waals surface area contributed by atoms with Crippen molar-refractivity contribution in [1.82, 2.24) is 14.8 Å². The molecule has 0 atom stereocenters. The number of aromatic nitrogens is 3. The van der Waals surface area contributed by atoms with Gasteiger partial charge >= 0.3 is 0 Å². The quantitative estimate of drug-likeness (QED) is 0.304. The summed E-state index contributed by atoms with van der Waals surface area (Å²) >= 11 is 19.8. The minimum Gasteiger partial charge on any atom is -0.484 e. The molecule has 0 aliphatic rings. The van der Waals surface area contributed by atoms with Gasteiger partial charge in [0.2, 0.25) is 0 Å². The highest BCUT2D eigenvalue weighted by atomic mass is 35.5. The van der Waals surface area contributed by atoms with E-state index in [1.807, 2.05) is 28.8 Å². The molecule has 0 bridgehead atoms. The van der Waals surface area contributed by atoms with E-state index in [0.29, 0.717) is 33.9 Å². The first-order valence-corrected chi connectivity index (χ1v) is 10.2. The smallest absolute Gasteiger partial charge is 0.191 e. The van der Waals surface area contributed by atoms with Crippen molar-refractivity contribution in [1.29, 1.82) is 0 Å². The molecule has 3 rings (SSSR count). The minimum atomic E-state index is 0.231. The molecule has 1 heterocycles. The molecule has 0 saturated carbocycles. The van der Waals surface area contributed by atoms with E-state index in [2.05, 4.69) is 16.8 Å². The normalized spacial score (nSPS) is 10.8. The molecule has 0 unspecified atom stereocenters. The SMILES string of the molecule is C=CCn1c(COc2ccc(Cl)cc2Cl)nnc1SCc1ccccc1Cl. The number of allylic oxidation sites excluding steroid dienone is 1. The predicted molar refractivity (Wildman–Crippen MR) is 112 cm³/mol. The zero-order valence-corrected chi connectivity index (χ0v) is 17.3. The Morgan fingerprint density at radius 1 is 1.07 bits per heavy atom. The lowest BCUT2D eigenvalue weighted by atomic mass is 10.2. The molecule has 140 valence electrons. The van der Waals surface area contributed by atoms with Crippen molar-refractivity contribution in [3.8, 4) is 5.75 Å². The number of rotatable bonds is 8. The first-order valence-electron chi connectivity index (χ1n) is 8.05. The number of benzene rings is 2. The van der Waals surface area contributed by atoms with Gasteiger partial charge in [-0.2, -0.15) is 0 Å². The van der Waals surface area contributed by atoms with Crippen LogP contribution in [0.15, 0.2) is 60.3 Å². The molecular weight excluding hydrogens is 425 g/mol. The van der Waals surface area contributed by atoms with Gasteiger partial charge in [0.15, 0.2) is 11.0 Å². The average molecular weight is 441 g/mol. The predicted octanol–water partition coefficient (Wildman–Crippen LogP) is 6.30. The standard InChI is InChI=1S/C19H16Cl3N3OS/c1-2-9-25-18(11-26-17-8-7-14(20)10-16(17)22)23-24-19(25)27-12-13-5-3-4-6-15(13)21/h2-8,10H,1,9,11-12H2. The average Bonchev–Trinajstić information content (AvgIpc) is 3.02. The van der Waals surface area contributed by atoms with Crippen LogP contribution in [0.25, 0.3) is 0 Å². The summed E-state index contributed by atoms with van der Waals surface area (Å²) < 4.78 is 7.74. The third-order valence-corrected chi connectivity index (χ3v) is 5.59. The lowest BCUT2D eigenvalue weighted by molar-refractivity contribution is 0.289. The Hall–Kier alpha value is -1.66. The molecule has 3 aromatic rings. The molecule has 0 radical (unpaired) electrons. The molecule has 0 amide bonds. The molecular formula is C19H16Cl3N3OS. The van der Waals surface area contributed by atoms with E-state index >= 15 is 0 Å². The van der Waals surface area contributed by atoms with Crippen molar-refractivity contribution in [3.05, 3.63) is 81.6 Å². The van der Waals surface area contributed by atoms with Crippen LogP contribution < -0.4 is 4.74 Å². The number of hydrogen-bond donors (Lipinski definition) is 0. The van der Waals surface area contributed by atoms with Gasteiger partial charge in [-0.05, 0) is 29.8 Å². The summed E-state index contributed by atoms with van der Waals surface area (Å²) in [6.45, 7) is 4.61. The highest BCUT2D eigenvalue weighted by Gasteiger charge is 2.14. The van der Waals surface area contributed by atoms with Crippen molar-refractivity contribution < 1.29 is 4.74 Å². The fourth-order valence-corrected chi connectivity index (χ4v) is 4.05. The molecule has 0 N–H and O–H groups in total. The zero-order chi connectivity index (χ0) is 19.2. The monoisotopic (exact) mass is 439 g/mol. The van der Waals surface area contributed by atoms with Crippen molar-refractivity contribution in [3.63, 3.8) is 0 Å². The van der Waals surface area contributed by atoms with Crippen LogP contribution in [0.5, 0.6) is 5.75 Å². The second-order valence-corrected chi connectivity index (χ2v) is 7.73. The van der Waals surface area contributed by atoms with Crippen molar-refractivity contribution >= 4 is 46.6 Å². The molecule has 0 aliphatic carbocycles. The van der Waals surface area contributed by atoms with Crippen LogP contribution in [-0.4, -0.2) is 14.8 Å². The number of nitrogens with zero attached hydrogens (tertiary/aromatic N) is 3. The van der Waals surface area contributed by atoms with E-state index < -0.39 is 0 Å². The molecule has 2 aromatic carbocycles. The molecule has 8 heteroatoms. The second kappa shape index (κ2) is 9.51. The molecule has 27 heavy (non-hydrogen) atoms. The first kappa shape index (κ1) is 20.1. The summed E-state index contributed by atoms with van der Waals surface area (Å²) in [4.78, 5) is 0. The van der Waals surface area contributed by atoms with Crippen LogP contribution in [0.4, 0.5) is 0 Å². The van der Waals surface area contributed by atoms with Crippen LogP contribution in [0, 0.1) is 0 Å². The largest absolute Gasteiger partial charge is 0.484 e. The van der Waals surface area contributed by atoms with Crippen molar-refractivity contribution in [2.45, 2.75) is 24.1 Å². The van der Waals surface area contributed by atoms with E-state index in [4.69, 9.17) is 39.5 Å². The van der Waals surface area contributed by atoms with Gasteiger partial charge in [-0.1, -0.05) is 70.8 Å². The van der Waals surface area contributed by atoms with E-state index in [9.17, 15) is 0 Å². The maximum atomic E-state index is 6.23. The van der Waals surface area contributed by atoms with Gasteiger partial charge < -0.3 is 4.74 Å². The fraction of sp³-hybridized carbons (Fsp3) is 0.158.